The topological polar surface area (TPSA) is 118 Å². The van der Waals surface area contributed by atoms with Gasteiger partial charge in [-0.15, -0.1) is 0 Å². The van der Waals surface area contributed by atoms with Crippen molar-refractivity contribution < 1.29 is 34.1 Å². The molecule has 8 heteroatoms. The Labute approximate surface area is 83.8 Å². The Balaban J connectivity index is 0. The first-order chi connectivity index (χ1) is 5.43. The fourth-order valence-corrected chi connectivity index (χ4v) is 0.307. The van der Waals surface area contributed by atoms with E-state index < -0.39 is 30.3 Å². The quantitative estimate of drug-likeness (QED) is 0.220. The van der Waals surface area contributed by atoms with Gasteiger partial charge in [-0.2, -0.15) is 0 Å². The Morgan fingerprint density at radius 2 is 1.54 bits per heavy atom. The molecule has 13 heavy (non-hydrogen) atoms. The number of carboxylic acid groups (broad SMARTS) is 2. The van der Waals surface area contributed by atoms with E-state index in [0.717, 1.165) is 0 Å². The summed E-state index contributed by atoms with van der Waals surface area (Å²) >= 11 is 0. The van der Waals surface area contributed by atoms with Crippen LogP contribution >= 0.6 is 0 Å². The van der Waals surface area contributed by atoms with Crippen LogP contribution in [0.3, 0.4) is 0 Å². The first-order valence-electron chi connectivity index (χ1n) is 2.63. The van der Waals surface area contributed by atoms with Crippen molar-refractivity contribution in [2.24, 2.45) is 0 Å². The van der Waals surface area contributed by atoms with Gasteiger partial charge in [0, 0.05) is 0 Å². The van der Waals surface area contributed by atoms with Crippen molar-refractivity contribution in [3.8, 4) is 0 Å². The molecule has 0 saturated heterocycles. The molecule has 7 nitrogen and oxygen atoms in total. The van der Waals surface area contributed by atoms with Crippen molar-refractivity contribution in [1.29, 1.82) is 0 Å². The van der Waals surface area contributed by atoms with E-state index >= 15 is 0 Å². The zero-order valence-electron chi connectivity index (χ0n) is 5.64. The molecule has 0 heterocycles. The fraction of sp³-hybridized carbons (Fsp3) is 0.200. The standard InChI is InChI=1S/C5H4O7.Li.H/c6-2(7)1-3(8)12-5(11)4(9)10;;/h1H2,(H,6,7)(H,9,10);;. The molecule has 0 unspecified atom stereocenters. The van der Waals surface area contributed by atoms with Gasteiger partial charge in [0.05, 0.1) is 0 Å². The maximum atomic E-state index is 10.3. The Bertz CT molecular complexity index is 245. The number of carbonyl (C=O) groups excluding carboxylic acids is 2. The van der Waals surface area contributed by atoms with Crippen LogP contribution in [0.2, 0.25) is 0 Å². The van der Waals surface area contributed by atoms with E-state index in [-0.39, 0.29) is 18.9 Å². The zero-order valence-corrected chi connectivity index (χ0v) is 5.64. The SMILES string of the molecule is O=C(O)CC(=O)OC(=O)C(=O)O.[LiH]. The Morgan fingerprint density at radius 1 is 1.08 bits per heavy atom. The summed E-state index contributed by atoms with van der Waals surface area (Å²) < 4.78 is 3.56. The van der Waals surface area contributed by atoms with Crippen LogP contribution in [-0.4, -0.2) is 53.0 Å². The number of esters is 2. The molecule has 0 aromatic rings. The van der Waals surface area contributed by atoms with Crippen LogP contribution < -0.4 is 0 Å². The molecule has 68 valence electrons. The van der Waals surface area contributed by atoms with Gasteiger partial charge in [-0.05, 0) is 0 Å². The number of carboxylic acids is 2. The number of hydrogen-bond acceptors (Lipinski definition) is 5. The molecular formula is C5H5LiO7. The molecule has 0 aliphatic rings. The Morgan fingerprint density at radius 3 is 1.85 bits per heavy atom. The molecule has 0 fully saturated rings. The van der Waals surface area contributed by atoms with Crippen molar-refractivity contribution in [3.05, 3.63) is 0 Å². The Kier molecular flexibility index (Phi) is 6.80. The summed E-state index contributed by atoms with van der Waals surface area (Å²) in [6, 6.07) is 0. The second-order valence-corrected chi connectivity index (χ2v) is 1.64. The van der Waals surface area contributed by atoms with Crippen molar-refractivity contribution in [2.45, 2.75) is 6.42 Å². The second kappa shape index (κ2) is 6.22. The summed E-state index contributed by atoms with van der Waals surface area (Å²) in [5.41, 5.74) is 0. The Hall–Kier alpha value is -1.32. The molecule has 0 atom stereocenters. The van der Waals surface area contributed by atoms with Gasteiger partial charge >= 0.3 is 42.7 Å². The number of aliphatic carboxylic acids is 2. The van der Waals surface area contributed by atoms with Crippen molar-refractivity contribution in [1.82, 2.24) is 0 Å². The van der Waals surface area contributed by atoms with Crippen LogP contribution in [0.5, 0.6) is 0 Å². The third kappa shape index (κ3) is 7.05. The predicted octanol–water partition coefficient (Wildman–Crippen LogP) is -2.03. The minimum absolute atomic E-state index is 0. The van der Waals surface area contributed by atoms with E-state index in [1.54, 1.807) is 0 Å². The van der Waals surface area contributed by atoms with Crippen molar-refractivity contribution in [3.63, 3.8) is 0 Å². The van der Waals surface area contributed by atoms with Crippen LogP contribution in [0.15, 0.2) is 0 Å². The molecule has 2 N–H and O–H groups in total. The molecule has 0 radical (unpaired) electrons. The molecule has 0 amide bonds. The number of hydrogen-bond donors (Lipinski definition) is 2. The summed E-state index contributed by atoms with van der Waals surface area (Å²) in [7, 11) is 0. The van der Waals surface area contributed by atoms with E-state index in [0.29, 0.717) is 0 Å². The van der Waals surface area contributed by atoms with E-state index in [1.165, 1.54) is 0 Å². The predicted molar refractivity (Wildman–Crippen MR) is 38.1 cm³/mol. The molecule has 0 rings (SSSR count). The van der Waals surface area contributed by atoms with E-state index in [2.05, 4.69) is 4.74 Å². The molecule has 0 saturated carbocycles. The van der Waals surface area contributed by atoms with Crippen LogP contribution in [0.4, 0.5) is 0 Å². The minimum atomic E-state index is -1.95. The molecule has 0 aromatic carbocycles. The summed E-state index contributed by atoms with van der Waals surface area (Å²) in [5, 5.41) is 15.9. The van der Waals surface area contributed by atoms with Gasteiger partial charge in [0.2, 0.25) is 0 Å². The van der Waals surface area contributed by atoms with Crippen LogP contribution in [0.1, 0.15) is 6.42 Å². The van der Waals surface area contributed by atoms with Gasteiger partial charge in [0.15, 0.2) is 0 Å². The first kappa shape index (κ1) is 14.2. The van der Waals surface area contributed by atoms with Crippen LogP contribution in [0.25, 0.3) is 0 Å². The molecule has 0 aromatic heterocycles. The average molecular weight is 184 g/mol. The molecule has 0 aliphatic carbocycles. The maximum absolute atomic E-state index is 10.3. The van der Waals surface area contributed by atoms with Gasteiger partial charge in [-0.25, -0.2) is 9.59 Å². The second-order valence-electron chi connectivity index (χ2n) is 1.64. The van der Waals surface area contributed by atoms with Crippen molar-refractivity contribution >= 4 is 42.7 Å². The number of rotatable bonds is 2. The monoisotopic (exact) mass is 184 g/mol. The van der Waals surface area contributed by atoms with Crippen molar-refractivity contribution in [2.75, 3.05) is 0 Å². The summed E-state index contributed by atoms with van der Waals surface area (Å²) in [5.74, 6) is -6.65. The average Bonchev–Trinajstić information content (AvgIpc) is 1.84. The van der Waals surface area contributed by atoms with Gasteiger partial charge in [-0.3, -0.25) is 9.59 Å². The summed E-state index contributed by atoms with van der Waals surface area (Å²) in [6.45, 7) is 0. The molecular weight excluding hydrogens is 179 g/mol. The first-order valence-corrected chi connectivity index (χ1v) is 2.63. The van der Waals surface area contributed by atoms with Crippen LogP contribution in [-0.2, 0) is 23.9 Å². The van der Waals surface area contributed by atoms with Gasteiger partial charge < -0.3 is 14.9 Å². The summed E-state index contributed by atoms with van der Waals surface area (Å²) in [6.07, 6.45) is -1.04. The van der Waals surface area contributed by atoms with Gasteiger partial charge in [0.25, 0.3) is 0 Å². The van der Waals surface area contributed by atoms with Gasteiger partial charge in [0.1, 0.15) is 6.42 Å². The molecule has 0 spiro atoms. The zero-order chi connectivity index (χ0) is 9.72. The molecule has 0 aliphatic heterocycles. The third-order valence-corrected chi connectivity index (χ3v) is 0.677. The third-order valence-electron chi connectivity index (χ3n) is 0.677. The fourth-order valence-electron chi connectivity index (χ4n) is 0.307. The summed E-state index contributed by atoms with van der Waals surface area (Å²) in [4.78, 5) is 39.9. The van der Waals surface area contributed by atoms with E-state index in [4.69, 9.17) is 10.2 Å². The van der Waals surface area contributed by atoms with E-state index in [9.17, 15) is 19.2 Å². The number of carbonyl (C=O) groups is 4. The normalized spacial score (nSPS) is 8.00. The molecule has 0 bridgehead atoms. The van der Waals surface area contributed by atoms with Gasteiger partial charge in [-0.1, -0.05) is 0 Å². The van der Waals surface area contributed by atoms with E-state index in [1.807, 2.05) is 0 Å². The number of ether oxygens (including phenoxy) is 1. The van der Waals surface area contributed by atoms with Crippen LogP contribution in [0, 0.1) is 0 Å².